The number of amides is 2. The van der Waals surface area contributed by atoms with E-state index in [1.54, 1.807) is 6.08 Å². The average Bonchev–Trinajstić information content (AvgIpc) is 3.31. The lowest BCUT2D eigenvalue weighted by Gasteiger charge is -2.39. The summed E-state index contributed by atoms with van der Waals surface area (Å²) in [6, 6.07) is 15.2. The van der Waals surface area contributed by atoms with Gasteiger partial charge in [0.2, 0.25) is 12.0 Å². The molecule has 2 saturated heterocycles. The highest BCUT2D eigenvalue weighted by atomic mass is 16.6. The van der Waals surface area contributed by atoms with Crippen molar-refractivity contribution in [1.29, 1.82) is 0 Å². The van der Waals surface area contributed by atoms with E-state index in [4.69, 9.17) is 14.2 Å². The normalized spacial score (nSPS) is 20.9. The van der Waals surface area contributed by atoms with E-state index in [9.17, 15) is 9.59 Å². The van der Waals surface area contributed by atoms with Gasteiger partial charge in [0, 0.05) is 37.8 Å². The Kier molecular flexibility index (Phi) is 6.66. The summed E-state index contributed by atoms with van der Waals surface area (Å²) in [7, 11) is 0. The number of rotatable bonds is 5. The van der Waals surface area contributed by atoms with Crippen LogP contribution in [-0.2, 0) is 9.59 Å². The highest BCUT2D eigenvalue weighted by Gasteiger charge is 2.44. The monoisotopic (exact) mass is 476 g/mol. The van der Waals surface area contributed by atoms with Gasteiger partial charge in [-0.25, -0.2) is 0 Å². The summed E-state index contributed by atoms with van der Waals surface area (Å²) in [6.45, 7) is 5.61. The van der Waals surface area contributed by atoms with Gasteiger partial charge in [-0.2, -0.15) is 0 Å². The summed E-state index contributed by atoms with van der Waals surface area (Å²) in [6.07, 6.45) is 5.62. The number of ether oxygens (including phenoxy) is 3. The van der Waals surface area contributed by atoms with Crippen LogP contribution in [0.25, 0.3) is 6.08 Å². The number of carbonyl (C=O) groups is 2. The van der Waals surface area contributed by atoms with Crippen molar-refractivity contribution < 1.29 is 23.8 Å². The van der Waals surface area contributed by atoms with Gasteiger partial charge in [0.15, 0.2) is 11.5 Å². The topological polar surface area (TPSA) is 68.3 Å². The maximum absolute atomic E-state index is 13.1. The minimum atomic E-state index is -0.605. The van der Waals surface area contributed by atoms with Crippen LogP contribution in [0.2, 0.25) is 0 Å². The third-order valence-electron chi connectivity index (χ3n) is 7.29. The van der Waals surface area contributed by atoms with E-state index in [1.807, 2.05) is 71.3 Å². The van der Waals surface area contributed by atoms with Gasteiger partial charge in [0.1, 0.15) is 12.4 Å². The SMILES string of the molecule is CCOc1ccccc1C=CC(=O)N1CCC2(CC1)CCN(C(=O)C1COc3ccccc3O1)C2. The molecule has 3 aliphatic rings. The lowest BCUT2D eigenvalue weighted by Crippen LogP contribution is -2.48. The lowest BCUT2D eigenvalue weighted by molar-refractivity contribution is -0.141. The number of carbonyl (C=O) groups excluding carboxylic acids is 2. The highest BCUT2D eigenvalue weighted by Crippen LogP contribution is 2.41. The van der Waals surface area contributed by atoms with Crippen LogP contribution in [0.4, 0.5) is 0 Å². The summed E-state index contributed by atoms with van der Waals surface area (Å²) in [5.74, 6) is 2.09. The molecule has 0 aromatic heterocycles. The van der Waals surface area contributed by atoms with Crippen molar-refractivity contribution in [1.82, 2.24) is 9.80 Å². The van der Waals surface area contributed by atoms with Gasteiger partial charge in [-0.3, -0.25) is 9.59 Å². The Morgan fingerprint density at radius 2 is 1.69 bits per heavy atom. The molecule has 1 unspecified atom stereocenters. The van der Waals surface area contributed by atoms with Crippen LogP contribution in [0.3, 0.4) is 0 Å². The van der Waals surface area contributed by atoms with Gasteiger partial charge < -0.3 is 24.0 Å². The molecule has 0 aliphatic carbocycles. The molecular formula is C28H32N2O5. The molecule has 2 fully saturated rings. The first-order chi connectivity index (χ1) is 17.1. The van der Waals surface area contributed by atoms with Crippen molar-refractivity contribution in [2.75, 3.05) is 39.4 Å². The number of benzene rings is 2. The number of hydrogen-bond donors (Lipinski definition) is 0. The Labute approximate surface area is 206 Å². The van der Waals surface area contributed by atoms with E-state index in [0.29, 0.717) is 37.7 Å². The van der Waals surface area contributed by atoms with Gasteiger partial charge in [0.05, 0.1) is 6.61 Å². The minimum absolute atomic E-state index is 0.00854. The van der Waals surface area contributed by atoms with Gasteiger partial charge >= 0.3 is 0 Å². The smallest absolute Gasteiger partial charge is 0.267 e. The quantitative estimate of drug-likeness (QED) is 0.615. The van der Waals surface area contributed by atoms with E-state index in [2.05, 4.69) is 0 Å². The number of para-hydroxylation sites is 3. The van der Waals surface area contributed by atoms with Crippen LogP contribution in [0.5, 0.6) is 17.2 Å². The van der Waals surface area contributed by atoms with Gasteiger partial charge in [-0.15, -0.1) is 0 Å². The number of hydrogen-bond acceptors (Lipinski definition) is 5. The second-order valence-electron chi connectivity index (χ2n) is 9.50. The zero-order valence-corrected chi connectivity index (χ0v) is 20.2. The van der Waals surface area contributed by atoms with Crippen molar-refractivity contribution in [2.24, 2.45) is 5.41 Å². The Balaban J connectivity index is 1.14. The van der Waals surface area contributed by atoms with Crippen LogP contribution < -0.4 is 14.2 Å². The first kappa shape index (κ1) is 23.3. The number of piperidine rings is 1. The molecule has 0 radical (unpaired) electrons. The van der Waals surface area contributed by atoms with Gasteiger partial charge in [-0.05, 0) is 55.9 Å². The predicted molar refractivity (Wildman–Crippen MR) is 132 cm³/mol. The van der Waals surface area contributed by atoms with Crippen molar-refractivity contribution >= 4 is 17.9 Å². The Hall–Kier alpha value is -3.48. The lowest BCUT2D eigenvalue weighted by atomic mass is 9.78. The molecule has 3 heterocycles. The van der Waals surface area contributed by atoms with Crippen molar-refractivity contribution in [3.63, 3.8) is 0 Å². The first-order valence-corrected chi connectivity index (χ1v) is 12.4. The Morgan fingerprint density at radius 3 is 2.46 bits per heavy atom. The van der Waals surface area contributed by atoms with Crippen molar-refractivity contribution in [3.8, 4) is 17.2 Å². The molecule has 7 heteroatoms. The molecule has 5 rings (SSSR count). The summed E-state index contributed by atoms with van der Waals surface area (Å²) in [5, 5.41) is 0. The molecular weight excluding hydrogens is 444 g/mol. The van der Waals surface area contributed by atoms with Crippen molar-refractivity contribution in [2.45, 2.75) is 32.3 Å². The van der Waals surface area contributed by atoms with E-state index < -0.39 is 6.10 Å². The average molecular weight is 477 g/mol. The van der Waals surface area contributed by atoms with Crippen LogP contribution >= 0.6 is 0 Å². The van der Waals surface area contributed by atoms with E-state index in [0.717, 1.165) is 37.1 Å². The fraction of sp³-hybridized carbons (Fsp3) is 0.429. The van der Waals surface area contributed by atoms with Crippen molar-refractivity contribution in [3.05, 3.63) is 60.2 Å². The fourth-order valence-corrected chi connectivity index (χ4v) is 5.25. The molecule has 184 valence electrons. The summed E-state index contributed by atoms with van der Waals surface area (Å²) < 4.78 is 17.3. The number of nitrogens with zero attached hydrogens (tertiary/aromatic N) is 2. The molecule has 2 aromatic rings. The number of likely N-dealkylation sites (tertiary alicyclic amines) is 2. The molecule has 0 N–H and O–H groups in total. The standard InChI is InChI=1S/C28H32N2O5/c1-2-33-22-8-4-3-7-21(22)11-12-26(31)29-16-13-28(14-17-29)15-18-30(20-28)27(32)25-19-34-23-9-5-6-10-24(23)35-25/h3-12,25H,2,13-20H2,1H3. The summed E-state index contributed by atoms with van der Waals surface area (Å²) in [4.78, 5) is 29.8. The predicted octanol–water partition coefficient (Wildman–Crippen LogP) is 3.78. The Bertz CT molecular complexity index is 1110. The zero-order valence-electron chi connectivity index (χ0n) is 20.2. The summed E-state index contributed by atoms with van der Waals surface area (Å²) >= 11 is 0. The third-order valence-corrected chi connectivity index (χ3v) is 7.29. The van der Waals surface area contributed by atoms with E-state index >= 15 is 0 Å². The summed E-state index contributed by atoms with van der Waals surface area (Å²) in [5.41, 5.74) is 0.975. The van der Waals surface area contributed by atoms with Crippen LogP contribution in [0.1, 0.15) is 31.7 Å². The second kappa shape index (κ2) is 10.0. The van der Waals surface area contributed by atoms with Crippen LogP contribution in [-0.4, -0.2) is 67.1 Å². The van der Waals surface area contributed by atoms with Gasteiger partial charge in [0.25, 0.3) is 5.91 Å². The molecule has 1 spiro atoms. The first-order valence-electron chi connectivity index (χ1n) is 12.4. The maximum Gasteiger partial charge on any atom is 0.267 e. The van der Waals surface area contributed by atoms with E-state index in [1.165, 1.54) is 0 Å². The molecule has 1 atom stereocenters. The largest absolute Gasteiger partial charge is 0.493 e. The minimum Gasteiger partial charge on any atom is -0.493 e. The molecule has 3 aliphatic heterocycles. The number of fused-ring (bicyclic) bond motifs is 1. The molecule has 0 bridgehead atoms. The molecule has 7 nitrogen and oxygen atoms in total. The highest BCUT2D eigenvalue weighted by molar-refractivity contribution is 5.92. The molecule has 2 aromatic carbocycles. The van der Waals surface area contributed by atoms with E-state index in [-0.39, 0.29) is 23.8 Å². The van der Waals surface area contributed by atoms with Crippen LogP contribution in [0.15, 0.2) is 54.6 Å². The van der Waals surface area contributed by atoms with Crippen LogP contribution in [0, 0.1) is 5.41 Å². The second-order valence-corrected chi connectivity index (χ2v) is 9.50. The zero-order chi connectivity index (χ0) is 24.3. The third kappa shape index (κ3) is 4.99. The Morgan fingerprint density at radius 1 is 1.00 bits per heavy atom. The molecule has 2 amide bonds. The fourth-order valence-electron chi connectivity index (χ4n) is 5.25. The van der Waals surface area contributed by atoms with Gasteiger partial charge in [-0.1, -0.05) is 30.3 Å². The molecule has 35 heavy (non-hydrogen) atoms. The molecule has 0 saturated carbocycles. The maximum atomic E-state index is 13.1.